The molecule has 2 amide bonds. The number of benzene rings is 2. The van der Waals surface area contributed by atoms with Crippen molar-refractivity contribution in [2.24, 2.45) is 0 Å². The summed E-state index contributed by atoms with van der Waals surface area (Å²) < 4.78 is 45.1. The fourth-order valence-corrected chi connectivity index (χ4v) is 2.22. The third-order valence-corrected chi connectivity index (χ3v) is 3.63. The van der Waals surface area contributed by atoms with E-state index in [-0.39, 0.29) is 18.9 Å². The summed E-state index contributed by atoms with van der Waals surface area (Å²) in [6.45, 7) is -0.689. The number of aliphatic hydroxyl groups is 1. The quantitative estimate of drug-likeness (QED) is 0.619. The van der Waals surface area contributed by atoms with Gasteiger partial charge in [-0.05, 0) is 23.3 Å². The highest BCUT2D eigenvalue weighted by Gasteiger charge is 2.31. The first-order valence-corrected chi connectivity index (χ1v) is 8.47. The topological polar surface area (TPSA) is 96.9 Å². The van der Waals surface area contributed by atoms with Gasteiger partial charge in [0.05, 0.1) is 6.61 Å². The molecule has 2 aromatic carbocycles. The van der Waals surface area contributed by atoms with Crippen molar-refractivity contribution in [3.8, 4) is 5.75 Å². The van der Waals surface area contributed by atoms with E-state index in [9.17, 15) is 27.9 Å². The zero-order chi connectivity index (χ0) is 21.3. The summed E-state index contributed by atoms with van der Waals surface area (Å²) in [4.78, 5) is 23.9. The maximum Gasteiger partial charge on any atom is 0.573 e. The number of carbonyl (C=O) groups excluding carboxylic acids is 2. The lowest BCUT2D eigenvalue weighted by Gasteiger charge is -2.16. The first-order valence-electron chi connectivity index (χ1n) is 8.47. The summed E-state index contributed by atoms with van der Waals surface area (Å²) in [7, 11) is 0. The summed E-state index contributed by atoms with van der Waals surface area (Å²) in [5, 5.41) is 14.0. The van der Waals surface area contributed by atoms with Gasteiger partial charge in [-0.15, -0.1) is 13.2 Å². The molecule has 0 aliphatic heterocycles. The van der Waals surface area contributed by atoms with E-state index in [1.54, 1.807) is 24.3 Å². The van der Waals surface area contributed by atoms with Crippen molar-refractivity contribution in [3.63, 3.8) is 0 Å². The van der Waals surface area contributed by atoms with Crippen LogP contribution in [0.5, 0.6) is 5.75 Å². The number of alkyl carbamates (subject to hydrolysis) is 1. The lowest BCUT2D eigenvalue weighted by molar-refractivity contribution is -0.274. The summed E-state index contributed by atoms with van der Waals surface area (Å²) in [6, 6.07) is 12.6. The van der Waals surface area contributed by atoms with Crippen LogP contribution in [0.4, 0.5) is 18.0 Å². The molecule has 0 spiro atoms. The molecule has 0 heterocycles. The van der Waals surface area contributed by atoms with Crippen LogP contribution >= 0.6 is 0 Å². The highest BCUT2D eigenvalue weighted by molar-refractivity contribution is 5.85. The summed E-state index contributed by atoms with van der Waals surface area (Å²) in [5.74, 6) is -1.07. The number of hydrogen-bond acceptors (Lipinski definition) is 5. The number of rotatable bonds is 8. The van der Waals surface area contributed by atoms with E-state index in [1.165, 1.54) is 12.1 Å². The van der Waals surface area contributed by atoms with E-state index < -0.39 is 31.0 Å². The Morgan fingerprint density at radius 3 is 2.24 bits per heavy atom. The Balaban J connectivity index is 1.79. The Labute approximate surface area is 164 Å². The molecule has 0 saturated heterocycles. The third-order valence-electron chi connectivity index (χ3n) is 3.63. The lowest BCUT2D eigenvalue weighted by Crippen LogP contribution is -2.48. The van der Waals surface area contributed by atoms with Gasteiger partial charge in [-0.3, -0.25) is 4.79 Å². The number of carbonyl (C=O) groups is 2. The van der Waals surface area contributed by atoms with Crippen LogP contribution in [0.2, 0.25) is 0 Å². The van der Waals surface area contributed by atoms with E-state index in [1.807, 2.05) is 6.07 Å². The van der Waals surface area contributed by atoms with Crippen LogP contribution < -0.4 is 15.4 Å². The van der Waals surface area contributed by atoms with Crippen molar-refractivity contribution in [2.75, 3.05) is 6.61 Å². The van der Waals surface area contributed by atoms with Crippen molar-refractivity contribution in [2.45, 2.75) is 25.6 Å². The molecule has 0 fully saturated rings. The van der Waals surface area contributed by atoms with Crippen molar-refractivity contribution < 1.29 is 37.3 Å². The predicted octanol–water partition coefficient (Wildman–Crippen LogP) is 2.49. The van der Waals surface area contributed by atoms with Gasteiger partial charge in [0, 0.05) is 6.54 Å². The van der Waals surface area contributed by atoms with Gasteiger partial charge in [-0.2, -0.15) is 0 Å². The maximum absolute atomic E-state index is 12.1. The zero-order valence-corrected chi connectivity index (χ0v) is 15.1. The van der Waals surface area contributed by atoms with Gasteiger partial charge in [0.15, 0.2) is 0 Å². The van der Waals surface area contributed by atoms with Crippen LogP contribution in [-0.2, 0) is 22.7 Å². The molecular formula is C19H19F3N2O5. The molecule has 7 nitrogen and oxygen atoms in total. The molecule has 156 valence electrons. The summed E-state index contributed by atoms with van der Waals surface area (Å²) in [6.07, 6.45) is -5.66. The van der Waals surface area contributed by atoms with Gasteiger partial charge in [-0.1, -0.05) is 42.5 Å². The van der Waals surface area contributed by atoms with Crippen LogP contribution in [0, 0.1) is 0 Å². The number of alkyl halides is 3. The predicted molar refractivity (Wildman–Crippen MR) is 95.6 cm³/mol. The molecule has 10 heteroatoms. The van der Waals surface area contributed by atoms with E-state index >= 15 is 0 Å². The first kappa shape index (κ1) is 22.0. The normalized spacial score (nSPS) is 12.0. The Morgan fingerprint density at radius 1 is 1.00 bits per heavy atom. The van der Waals surface area contributed by atoms with Crippen molar-refractivity contribution in [1.29, 1.82) is 0 Å². The number of halogens is 3. The Bertz CT molecular complexity index is 798. The number of amides is 2. The Morgan fingerprint density at radius 2 is 1.66 bits per heavy atom. The third kappa shape index (κ3) is 8.09. The number of hydrogen-bond donors (Lipinski definition) is 3. The Kier molecular flexibility index (Phi) is 7.84. The van der Waals surface area contributed by atoms with Crippen LogP contribution in [0.25, 0.3) is 0 Å². The highest BCUT2D eigenvalue weighted by atomic mass is 19.4. The van der Waals surface area contributed by atoms with Gasteiger partial charge in [0.2, 0.25) is 5.91 Å². The van der Waals surface area contributed by atoms with E-state index in [4.69, 9.17) is 4.74 Å². The van der Waals surface area contributed by atoms with Gasteiger partial charge in [-0.25, -0.2) is 4.79 Å². The van der Waals surface area contributed by atoms with Gasteiger partial charge in [0.1, 0.15) is 18.4 Å². The lowest BCUT2D eigenvalue weighted by atomic mass is 10.2. The van der Waals surface area contributed by atoms with E-state index in [0.717, 1.165) is 17.7 Å². The summed E-state index contributed by atoms with van der Waals surface area (Å²) in [5.41, 5.74) is 1.25. The smallest absolute Gasteiger partial charge is 0.445 e. The molecule has 2 aromatic rings. The number of ether oxygens (including phenoxy) is 2. The molecule has 29 heavy (non-hydrogen) atoms. The van der Waals surface area contributed by atoms with E-state index in [0.29, 0.717) is 5.56 Å². The minimum absolute atomic E-state index is 0.00120. The van der Waals surface area contributed by atoms with Crippen LogP contribution in [-0.4, -0.2) is 36.1 Å². The molecule has 3 N–H and O–H groups in total. The molecule has 0 aromatic heterocycles. The first-order chi connectivity index (χ1) is 13.8. The van der Waals surface area contributed by atoms with Crippen LogP contribution in [0.3, 0.4) is 0 Å². The fourth-order valence-electron chi connectivity index (χ4n) is 2.22. The molecule has 1 atom stereocenters. The molecule has 0 saturated carbocycles. The van der Waals surface area contributed by atoms with Gasteiger partial charge >= 0.3 is 12.5 Å². The average Bonchev–Trinajstić information content (AvgIpc) is 2.69. The van der Waals surface area contributed by atoms with Gasteiger partial charge < -0.3 is 25.2 Å². The monoisotopic (exact) mass is 412 g/mol. The van der Waals surface area contributed by atoms with Crippen molar-refractivity contribution >= 4 is 12.0 Å². The van der Waals surface area contributed by atoms with E-state index in [2.05, 4.69) is 15.4 Å². The Hall–Kier alpha value is -3.27. The minimum atomic E-state index is -4.79. The highest BCUT2D eigenvalue weighted by Crippen LogP contribution is 2.22. The van der Waals surface area contributed by atoms with Crippen molar-refractivity contribution in [3.05, 3.63) is 65.7 Å². The van der Waals surface area contributed by atoms with Crippen molar-refractivity contribution in [1.82, 2.24) is 10.6 Å². The van der Waals surface area contributed by atoms with Crippen LogP contribution in [0.15, 0.2) is 54.6 Å². The summed E-state index contributed by atoms with van der Waals surface area (Å²) >= 11 is 0. The fraction of sp³-hybridized carbons (Fsp3) is 0.263. The SMILES string of the molecule is O=C(N[C@H](CO)C(=O)NCc1ccc(OC(F)(F)F)cc1)OCc1ccccc1. The maximum atomic E-state index is 12.1. The minimum Gasteiger partial charge on any atom is -0.445 e. The standard InChI is InChI=1S/C19H19F3N2O5/c20-19(21,22)29-15-8-6-13(7-9-15)10-23-17(26)16(11-25)24-18(27)28-12-14-4-2-1-3-5-14/h1-9,16,25H,10-12H2,(H,23,26)(H,24,27)/t16-/m1/s1. The van der Waals surface area contributed by atoms with Gasteiger partial charge in [0.25, 0.3) is 0 Å². The number of nitrogens with one attached hydrogen (secondary N) is 2. The molecule has 0 unspecified atom stereocenters. The second-order valence-corrected chi connectivity index (χ2v) is 5.85. The second-order valence-electron chi connectivity index (χ2n) is 5.85. The molecule has 0 bridgehead atoms. The molecule has 0 aliphatic carbocycles. The number of aliphatic hydroxyl groups excluding tert-OH is 1. The second kappa shape index (κ2) is 10.3. The van der Waals surface area contributed by atoms with Crippen LogP contribution in [0.1, 0.15) is 11.1 Å². The molecule has 2 rings (SSSR count). The largest absolute Gasteiger partial charge is 0.573 e. The average molecular weight is 412 g/mol. The zero-order valence-electron chi connectivity index (χ0n) is 15.1. The molecular weight excluding hydrogens is 393 g/mol. The molecule has 0 aliphatic rings. The molecule has 0 radical (unpaired) electrons.